The van der Waals surface area contributed by atoms with Gasteiger partial charge in [-0.2, -0.15) is 0 Å². The first-order valence-corrected chi connectivity index (χ1v) is 8.55. The van der Waals surface area contributed by atoms with Gasteiger partial charge in [0.15, 0.2) is 0 Å². The van der Waals surface area contributed by atoms with Gasteiger partial charge < -0.3 is 4.74 Å². The zero-order valence-electron chi connectivity index (χ0n) is 13.8. The standard InChI is InChI=1S/C16H16N2O6S/c1-11-14(16(19)24-3)8-5-9-15(11)17(2)25(22,23)13-7-4-6-12(10-13)18(20)21/h4-10H,1-3H3. The monoisotopic (exact) mass is 364 g/mol. The number of carbonyl (C=O) groups excluding carboxylic acids is 1. The van der Waals surface area contributed by atoms with Crippen LogP contribution in [0.2, 0.25) is 0 Å². The van der Waals surface area contributed by atoms with Gasteiger partial charge >= 0.3 is 5.97 Å². The second-order valence-corrected chi connectivity index (χ2v) is 7.14. The van der Waals surface area contributed by atoms with E-state index in [0.717, 1.165) is 10.4 Å². The third kappa shape index (κ3) is 3.45. The lowest BCUT2D eigenvalue weighted by atomic mass is 10.1. The maximum atomic E-state index is 12.8. The first-order chi connectivity index (χ1) is 11.7. The van der Waals surface area contributed by atoms with Gasteiger partial charge in [-0.05, 0) is 30.7 Å². The molecule has 0 aliphatic heterocycles. The summed E-state index contributed by atoms with van der Waals surface area (Å²) in [4.78, 5) is 21.8. The van der Waals surface area contributed by atoms with Crippen LogP contribution in [0.4, 0.5) is 11.4 Å². The molecule has 25 heavy (non-hydrogen) atoms. The number of carbonyl (C=O) groups is 1. The van der Waals surface area contributed by atoms with Gasteiger partial charge in [0.05, 0.1) is 28.2 Å². The summed E-state index contributed by atoms with van der Waals surface area (Å²) in [6.07, 6.45) is 0. The first-order valence-electron chi connectivity index (χ1n) is 7.11. The zero-order chi connectivity index (χ0) is 18.8. The number of sulfonamides is 1. The van der Waals surface area contributed by atoms with E-state index in [4.69, 9.17) is 0 Å². The second-order valence-electron chi connectivity index (χ2n) is 5.17. The zero-order valence-corrected chi connectivity index (χ0v) is 14.6. The van der Waals surface area contributed by atoms with Crippen LogP contribution in [0.15, 0.2) is 47.4 Å². The molecule has 9 heteroatoms. The maximum Gasteiger partial charge on any atom is 0.338 e. The molecule has 0 atom stereocenters. The number of hydrogen-bond acceptors (Lipinski definition) is 6. The number of esters is 1. The molecule has 8 nitrogen and oxygen atoms in total. The lowest BCUT2D eigenvalue weighted by Gasteiger charge is -2.22. The van der Waals surface area contributed by atoms with Gasteiger partial charge in [-0.1, -0.05) is 12.1 Å². The minimum Gasteiger partial charge on any atom is -0.465 e. The molecule has 0 heterocycles. The number of nitro benzene ring substituents is 1. The summed E-state index contributed by atoms with van der Waals surface area (Å²) in [6, 6.07) is 9.38. The second kappa shape index (κ2) is 6.89. The number of nitrogens with zero attached hydrogens (tertiary/aromatic N) is 2. The summed E-state index contributed by atoms with van der Waals surface area (Å²) in [5, 5.41) is 10.9. The van der Waals surface area contributed by atoms with E-state index < -0.39 is 20.9 Å². The van der Waals surface area contributed by atoms with E-state index in [0.29, 0.717) is 5.56 Å². The molecule has 0 aliphatic rings. The maximum absolute atomic E-state index is 12.8. The van der Waals surface area contributed by atoms with Crippen molar-refractivity contribution in [1.29, 1.82) is 0 Å². The Balaban J connectivity index is 2.53. The number of methoxy groups -OCH3 is 1. The Labute approximate surface area is 144 Å². The fourth-order valence-corrected chi connectivity index (χ4v) is 3.63. The molecule has 0 saturated heterocycles. The van der Waals surface area contributed by atoms with E-state index in [9.17, 15) is 23.3 Å². The van der Waals surface area contributed by atoms with Crippen molar-refractivity contribution in [3.05, 3.63) is 63.7 Å². The van der Waals surface area contributed by atoms with Crippen molar-refractivity contribution in [2.24, 2.45) is 0 Å². The van der Waals surface area contributed by atoms with Crippen LogP contribution in [0.5, 0.6) is 0 Å². The van der Waals surface area contributed by atoms with Crippen molar-refractivity contribution < 1.29 is 22.9 Å². The molecule has 0 bridgehead atoms. The topological polar surface area (TPSA) is 107 Å². The van der Waals surface area contributed by atoms with Gasteiger partial charge in [0.25, 0.3) is 15.7 Å². The predicted octanol–water partition coefficient (Wildman–Crippen LogP) is 2.51. The van der Waals surface area contributed by atoms with Crippen molar-refractivity contribution >= 4 is 27.4 Å². The SMILES string of the molecule is COC(=O)c1cccc(N(C)S(=O)(=O)c2cccc([N+](=O)[O-])c2)c1C. The molecule has 0 aromatic heterocycles. The van der Waals surface area contributed by atoms with Crippen LogP contribution in [-0.2, 0) is 14.8 Å². The van der Waals surface area contributed by atoms with Crippen LogP contribution in [0.1, 0.15) is 15.9 Å². The van der Waals surface area contributed by atoms with Crippen molar-refractivity contribution in [3.63, 3.8) is 0 Å². The van der Waals surface area contributed by atoms with E-state index in [2.05, 4.69) is 4.74 Å². The number of rotatable bonds is 5. The van der Waals surface area contributed by atoms with Crippen molar-refractivity contribution in [3.8, 4) is 0 Å². The average molecular weight is 364 g/mol. The van der Waals surface area contributed by atoms with Gasteiger partial charge in [0.1, 0.15) is 0 Å². The first kappa shape index (κ1) is 18.4. The van der Waals surface area contributed by atoms with Gasteiger partial charge in [-0.15, -0.1) is 0 Å². The van der Waals surface area contributed by atoms with Gasteiger partial charge in [-0.25, -0.2) is 13.2 Å². The molecule has 0 unspecified atom stereocenters. The Bertz CT molecular complexity index is 939. The smallest absolute Gasteiger partial charge is 0.338 e. The van der Waals surface area contributed by atoms with E-state index in [1.807, 2.05) is 0 Å². The van der Waals surface area contributed by atoms with E-state index in [1.165, 1.54) is 50.6 Å². The molecule has 132 valence electrons. The lowest BCUT2D eigenvalue weighted by molar-refractivity contribution is -0.385. The molecule has 2 aromatic carbocycles. The fraction of sp³-hybridized carbons (Fsp3) is 0.188. The minimum atomic E-state index is -4.04. The number of non-ortho nitro benzene ring substituents is 1. The number of nitro groups is 1. The van der Waals surface area contributed by atoms with Crippen molar-refractivity contribution in [2.75, 3.05) is 18.5 Å². The van der Waals surface area contributed by atoms with Crippen molar-refractivity contribution in [1.82, 2.24) is 0 Å². The molecule has 2 aromatic rings. The summed E-state index contributed by atoms with van der Waals surface area (Å²) in [7, 11) is -1.49. The highest BCUT2D eigenvalue weighted by atomic mass is 32.2. The van der Waals surface area contributed by atoms with Crippen LogP contribution in [0.25, 0.3) is 0 Å². The minimum absolute atomic E-state index is 0.216. The third-order valence-electron chi connectivity index (χ3n) is 3.74. The lowest BCUT2D eigenvalue weighted by Crippen LogP contribution is -2.27. The molecule has 0 aliphatic carbocycles. The van der Waals surface area contributed by atoms with Gasteiger partial charge in [0.2, 0.25) is 0 Å². The summed E-state index contributed by atoms with van der Waals surface area (Å²) in [6.45, 7) is 1.60. The highest BCUT2D eigenvalue weighted by Gasteiger charge is 2.25. The largest absolute Gasteiger partial charge is 0.465 e. The van der Waals surface area contributed by atoms with Gasteiger partial charge in [0, 0.05) is 19.2 Å². The number of ether oxygens (including phenoxy) is 1. The fourth-order valence-electron chi connectivity index (χ4n) is 2.34. The van der Waals surface area contributed by atoms with E-state index >= 15 is 0 Å². The van der Waals surface area contributed by atoms with Crippen molar-refractivity contribution in [2.45, 2.75) is 11.8 Å². The normalized spacial score (nSPS) is 11.0. The Hall–Kier alpha value is -2.94. The summed E-state index contributed by atoms with van der Waals surface area (Å²) >= 11 is 0. The summed E-state index contributed by atoms with van der Waals surface area (Å²) < 4.78 is 31.3. The Morgan fingerprint density at radius 2 is 1.84 bits per heavy atom. The van der Waals surface area contributed by atoms with Crippen LogP contribution < -0.4 is 4.31 Å². The summed E-state index contributed by atoms with van der Waals surface area (Å²) in [5.74, 6) is -0.583. The average Bonchev–Trinajstić information content (AvgIpc) is 2.60. The van der Waals surface area contributed by atoms with E-state index in [1.54, 1.807) is 6.92 Å². The van der Waals surface area contributed by atoms with Gasteiger partial charge in [-0.3, -0.25) is 14.4 Å². The molecule has 0 radical (unpaired) electrons. The quantitative estimate of drug-likeness (QED) is 0.458. The molecule has 0 amide bonds. The molecular formula is C16H16N2O6S. The number of anilines is 1. The number of benzene rings is 2. The Morgan fingerprint density at radius 1 is 1.20 bits per heavy atom. The Morgan fingerprint density at radius 3 is 2.44 bits per heavy atom. The predicted molar refractivity (Wildman–Crippen MR) is 91.2 cm³/mol. The van der Waals surface area contributed by atoms with Crippen LogP contribution >= 0.6 is 0 Å². The third-order valence-corrected chi connectivity index (χ3v) is 5.50. The summed E-state index contributed by atoms with van der Waals surface area (Å²) in [5.41, 5.74) is 0.607. The highest BCUT2D eigenvalue weighted by Crippen LogP contribution is 2.28. The van der Waals surface area contributed by atoms with Crippen LogP contribution in [0, 0.1) is 17.0 Å². The van der Waals surface area contributed by atoms with Crippen LogP contribution in [0.3, 0.4) is 0 Å². The molecule has 2 rings (SSSR count). The molecule has 0 fully saturated rings. The van der Waals surface area contributed by atoms with Crippen LogP contribution in [-0.4, -0.2) is 33.5 Å². The molecule has 0 spiro atoms. The molecular weight excluding hydrogens is 348 g/mol. The Kier molecular flexibility index (Phi) is 5.07. The molecule has 0 saturated carbocycles. The molecule has 0 N–H and O–H groups in total. The van der Waals surface area contributed by atoms with E-state index in [-0.39, 0.29) is 21.8 Å². The highest BCUT2D eigenvalue weighted by molar-refractivity contribution is 7.92. The number of hydrogen-bond donors (Lipinski definition) is 0.